The molecule has 3 nitrogen and oxygen atoms in total. The van der Waals surface area contributed by atoms with E-state index in [1.165, 1.54) is 0 Å². The second-order valence-corrected chi connectivity index (χ2v) is 5.69. The van der Waals surface area contributed by atoms with E-state index in [0.717, 1.165) is 18.7 Å². The lowest BCUT2D eigenvalue weighted by atomic mass is 10.1. The quantitative estimate of drug-likeness (QED) is 0.732. The minimum absolute atomic E-state index is 0.136. The predicted molar refractivity (Wildman–Crippen MR) is 79.7 cm³/mol. The summed E-state index contributed by atoms with van der Waals surface area (Å²) in [5, 5.41) is 3.47. The number of para-hydroxylation sites is 1. The summed E-state index contributed by atoms with van der Waals surface area (Å²) < 4.78 is 11.4. The van der Waals surface area contributed by atoms with Crippen LogP contribution in [0.15, 0.2) is 30.3 Å². The normalized spacial score (nSPS) is 13.3. The molecule has 3 heteroatoms. The monoisotopic (exact) mass is 265 g/mol. The Hall–Kier alpha value is -1.06. The van der Waals surface area contributed by atoms with Crippen molar-refractivity contribution in [1.82, 2.24) is 5.32 Å². The Bertz CT molecular complexity index is 332. The highest BCUT2D eigenvalue weighted by Gasteiger charge is 2.13. The van der Waals surface area contributed by atoms with Crippen LogP contribution in [0, 0.1) is 0 Å². The van der Waals surface area contributed by atoms with Gasteiger partial charge in [-0.3, -0.25) is 0 Å². The second kappa shape index (κ2) is 8.18. The molecule has 0 aromatic heterocycles. The first-order valence-corrected chi connectivity index (χ1v) is 7.06. The SMILES string of the molecule is CCC(CNC(C)(C)C)OCCOc1ccccc1. The van der Waals surface area contributed by atoms with Crippen molar-refractivity contribution in [3.05, 3.63) is 30.3 Å². The van der Waals surface area contributed by atoms with Gasteiger partial charge >= 0.3 is 0 Å². The number of hydrogen-bond acceptors (Lipinski definition) is 3. The van der Waals surface area contributed by atoms with Gasteiger partial charge in [-0.1, -0.05) is 25.1 Å². The van der Waals surface area contributed by atoms with E-state index in [1.54, 1.807) is 0 Å². The molecule has 0 radical (unpaired) electrons. The summed E-state index contributed by atoms with van der Waals surface area (Å²) in [6, 6.07) is 9.84. The largest absolute Gasteiger partial charge is 0.491 e. The number of benzene rings is 1. The zero-order chi connectivity index (χ0) is 14.1. The van der Waals surface area contributed by atoms with Crippen LogP contribution in [0.4, 0.5) is 0 Å². The molecular formula is C16H27NO2. The van der Waals surface area contributed by atoms with E-state index in [9.17, 15) is 0 Å². The third-order valence-corrected chi connectivity index (χ3v) is 2.76. The summed E-state index contributed by atoms with van der Waals surface area (Å²) in [5.74, 6) is 0.895. The molecule has 1 aromatic rings. The van der Waals surface area contributed by atoms with Crippen molar-refractivity contribution in [2.45, 2.75) is 45.8 Å². The molecule has 19 heavy (non-hydrogen) atoms. The van der Waals surface area contributed by atoms with Crippen molar-refractivity contribution in [3.8, 4) is 5.75 Å². The van der Waals surface area contributed by atoms with E-state index in [0.29, 0.717) is 13.2 Å². The molecular weight excluding hydrogens is 238 g/mol. The van der Waals surface area contributed by atoms with Crippen molar-refractivity contribution in [3.63, 3.8) is 0 Å². The van der Waals surface area contributed by atoms with E-state index in [2.05, 4.69) is 33.0 Å². The number of hydrogen-bond donors (Lipinski definition) is 1. The Morgan fingerprint density at radius 3 is 2.37 bits per heavy atom. The fourth-order valence-corrected chi connectivity index (χ4v) is 1.63. The molecule has 1 atom stereocenters. The van der Waals surface area contributed by atoms with E-state index in [-0.39, 0.29) is 11.6 Å². The van der Waals surface area contributed by atoms with Crippen molar-refractivity contribution in [2.24, 2.45) is 0 Å². The van der Waals surface area contributed by atoms with Crippen LogP contribution >= 0.6 is 0 Å². The van der Waals surface area contributed by atoms with E-state index in [4.69, 9.17) is 9.47 Å². The zero-order valence-electron chi connectivity index (χ0n) is 12.6. The molecule has 0 saturated heterocycles. The van der Waals surface area contributed by atoms with Crippen LogP contribution in [0.2, 0.25) is 0 Å². The average Bonchev–Trinajstić information content (AvgIpc) is 2.38. The fourth-order valence-electron chi connectivity index (χ4n) is 1.63. The molecule has 0 amide bonds. The van der Waals surface area contributed by atoms with Gasteiger partial charge in [0, 0.05) is 12.1 Å². The molecule has 0 fully saturated rings. The zero-order valence-corrected chi connectivity index (χ0v) is 12.6. The fraction of sp³-hybridized carbons (Fsp3) is 0.625. The maximum absolute atomic E-state index is 5.82. The Morgan fingerprint density at radius 1 is 1.11 bits per heavy atom. The number of nitrogens with one attached hydrogen (secondary N) is 1. The Balaban J connectivity index is 2.16. The number of rotatable bonds is 8. The van der Waals surface area contributed by atoms with Crippen LogP contribution in [0.5, 0.6) is 5.75 Å². The summed E-state index contributed by atoms with van der Waals surface area (Å²) in [6.45, 7) is 10.7. The predicted octanol–water partition coefficient (Wildman–Crippen LogP) is 3.25. The van der Waals surface area contributed by atoms with Gasteiger partial charge in [0.05, 0.1) is 12.7 Å². The van der Waals surface area contributed by atoms with Crippen molar-refractivity contribution >= 4 is 0 Å². The highest BCUT2D eigenvalue weighted by atomic mass is 16.5. The lowest BCUT2D eigenvalue weighted by molar-refractivity contribution is 0.0287. The summed E-state index contributed by atoms with van der Waals surface area (Å²) in [5.41, 5.74) is 0.136. The highest BCUT2D eigenvalue weighted by Crippen LogP contribution is 2.08. The molecule has 0 aliphatic carbocycles. The number of ether oxygens (including phenoxy) is 2. The van der Waals surface area contributed by atoms with Gasteiger partial charge in [0.15, 0.2) is 0 Å². The highest BCUT2D eigenvalue weighted by molar-refractivity contribution is 5.20. The molecule has 0 saturated carbocycles. The topological polar surface area (TPSA) is 30.5 Å². The molecule has 0 aliphatic rings. The maximum atomic E-state index is 5.82. The lowest BCUT2D eigenvalue weighted by Gasteiger charge is -2.25. The molecule has 108 valence electrons. The van der Waals surface area contributed by atoms with E-state index in [1.807, 2.05) is 30.3 Å². The smallest absolute Gasteiger partial charge is 0.119 e. The molecule has 0 spiro atoms. The van der Waals surface area contributed by atoms with Gasteiger partial charge in [-0.15, -0.1) is 0 Å². The van der Waals surface area contributed by atoms with Gasteiger partial charge in [0.1, 0.15) is 12.4 Å². The summed E-state index contributed by atoms with van der Waals surface area (Å²) in [4.78, 5) is 0. The molecule has 1 rings (SSSR count). The first kappa shape index (κ1) is 16.0. The minimum Gasteiger partial charge on any atom is -0.491 e. The first-order valence-electron chi connectivity index (χ1n) is 7.06. The Kier molecular flexibility index (Phi) is 6.89. The standard InChI is InChI=1S/C16H27NO2/c1-5-14(13-17-16(2,3)4)18-11-12-19-15-9-7-6-8-10-15/h6-10,14,17H,5,11-13H2,1-4H3. The lowest BCUT2D eigenvalue weighted by Crippen LogP contribution is -2.41. The van der Waals surface area contributed by atoms with Crippen LogP contribution in [-0.2, 0) is 4.74 Å². The Morgan fingerprint density at radius 2 is 1.79 bits per heavy atom. The van der Waals surface area contributed by atoms with Crippen LogP contribution in [0.25, 0.3) is 0 Å². The summed E-state index contributed by atoms with van der Waals surface area (Å²) >= 11 is 0. The van der Waals surface area contributed by atoms with Gasteiger partial charge in [-0.25, -0.2) is 0 Å². The van der Waals surface area contributed by atoms with E-state index >= 15 is 0 Å². The van der Waals surface area contributed by atoms with Crippen molar-refractivity contribution in [1.29, 1.82) is 0 Å². The van der Waals surface area contributed by atoms with Gasteiger partial charge in [-0.05, 0) is 39.3 Å². The summed E-state index contributed by atoms with van der Waals surface area (Å²) in [6.07, 6.45) is 1.26. The summed E-state index contributed by atoms with van der Waals surface area (Å²) in [7, 11) is 0. The average molecular weight is 265 g/mol. The Labute approximate surface area is 117 Å². The molecule has 1 N–H and O–H groups in total. The van der Waals surface area contributed by atoms with Crippen molar-refractivity contribution < 1.29 is 9.47 Å². The van der Waals surface area contributed by atoms with Crippen LogP contribution in [0.1, 0.15) is 34.1 Å². The van der Waals surface area contributed by atoms with Gasteiger partial charge < -0.3 is 14.8 Å². The second-order valence-electron chi connectivity index (χ2n) is 5.69. The van der Waals surface area contributed by atoms with Crippen LogP contribution in [0.3, 0.4) is 0 Å². The van der Waals surface area contributed by atoms with Crippen molar-refractivity contribution in [2.75, 3.05) is 19.8 Å². The minimum atomic E-state index is 0.136. The third kappa shape index (κ3) is 7.85. The molecule has 0 aliphatic heterocycles. The molecule has 1 unspecified atom stereocenters. The molecule has 0 bridgehead atoms. The molecule has 1 aromatic carbocycles. The van der Waals surface area contributed by atoms with E-state index < -0.39 is 0 Å². The van der Waals surface area contributed by atoms with Crippen LogP contribution < -0.4 is 10.1 Å². The first-order chi connectivity index (χ1) is 9.01. The maximum Gasteiger partial charge on any atom is 0.119 e. The van der Waals surface area contributed by atoms with Gasteiger partial charge in [0.25, 0.3) is 0 Å². The van der Waals surface area contributed by atoms with Crippen LogP contribution in [-0.4, -0.2) is 31.4 Å². The molecule has 0 heterocycles. The third-order valence-electron chi connectivity index (χ3n) is 2.76. The van der Waals surface area contributed by atoms with Gasteiger partial charge in [-0.2, -0.15) is 0 Å². The van der Waals surface area contributed by atoms with Gasteiger partial charge in [0.2, 0.25) is 0 Å².